The number of hydrogen-bond acceptors (Lipinski definition) is 6. The molecule has 154 valence electrons. The fourth-order valence-electron chi connectivity index (χ4n) is 3.11. The van der Waals surface area contributed by atoms with Crippen molar-refractivity contribution in [3.05, 3.63) is 58.2 Å². The third-order valence-corrected chi connectivity index (χ3v) is 4.59. The van der Waals surface area contributed by atoms with Crippen molar-refractivity contribution in [1.29, 1.82) is 0 Å². The summed E-state index contributed by atoms with van der Waals surface area (Å²) in [7, 11) is 1.59. The summed E-state index contributed by atoms with van der Waals surface area (Å²) in [6, 6.07) is 7.54. The van der Waals surface area contributed by atoms with Crippen LogP contribution in [0.3, 0.4) is 0 Å². The Balaban J connectivity index is 1.73. The third kappa shape index (κ3) is 4.59. The van der Waals surface area contributed by atoms with Crippen LogP contribution in [-0.4, -0.2) is 34.6 Å². The van der Waals surface area contributed by atoms with Crippen LogP contribution in [0, 0.1) is 20.8 Å². The highest BCUT2D eigenvalue weighted by Gasteiger charge is 2.21. The van der Waals surface area contributed by atoms with E-state index in [1.807, 2.05) is 49.7 Å². The maximum absolute atomic E-state index is 12.7. The smallest absolute Gasteiger partial charge is 0.274 e. The van der Waals surface area contributed by atoms with Crippen LogP contribution in [0.1, 0.15) is 45.7 Å². The molecule has 0 saturated carbocycles. The van der Waals surface area contributed by atoms with Gasteiger partial charge in [0.25, 0.3) is 5.91 Å². The van der Waals surface area contributed by atoms with E-state index < -0.39 is 0 Å². The number of amides is 1. The molecule has 0 atom stereocenters. The number of aromatic nitrogens is 3. The minimum absolute atomic E-state index is 0.272. The number of carbonyl (C=O) groups is 1. The molecule has 0 saturated heterocycles. The van der Waals surface area contributed by atoms with Crippen molar-refractivity contribution in [1.82, 2.24) is 20.3 Å². The monoisotopic (exact) mass is 398 g/mol. The van der Waals surface area contributed by atoms with E-state index in [4.69, 9.17) is 14.0 Å². The van der Waals surface area contributed by atoms with Gasteiger partial charge in [-0.05, 0) is 51.5 Å². The highest BCUT2D eigenvalue weighted by molar-refractivity contribution is 5.93. The Morgan fingerprint density at radius 1 is 1.21 bits per heavy atom. The first kappa shape index (κ1) is 20.4. The van der Waals surface area contributed by atoms with Gasteiger partial charge in [0, 0.05) is 17.8 Å². The molecule has 29 heavy (non-hydrogen) atoms. The zero-order chi connectivity index (χ0) is 21.0. The molecular formula is C21H26N4O4. The molecular weight excluding hydrogens is 372 g/mol. The maximum atomic E-state index is 12.7. The molecule has 2 aromatic heterocycles. The molecule has 3 rings (SSSR count). The molecule has 2 heterocycles. The van der Waals surface area contributed by atoms with E-state index in [2.05, 4.69) is 15.6 Å². The van der Waals surface area contributed by atoms with Crippen molar-refractivity contribution in [3.8, 4) is 11.5 Å². The summed E-state index contributed by atoms with van der Waals surface area (Å²) in [4.78, 5) is 12.7. The number of hydrogen-bond donors (Lipinski definition) is 1. The number of nitrogens with one attached hydrogen (secondary N) is 1. The van der Waals surface area contributed by atoms with E-state index in [9.17, 15) is 4.79 Å². The molecule has 0 aliphatic heterocycles. The zero-order valence-corrected chi connectivity index (χ0v) is 17.4. The van der Waals surface area contributed by atoms with E-state index in [0.717, 1.165) is 22.5 Å². The van der Waals surface area contributed by atoms with E-state index >= 15 is 0 Å². The Morgan fingerprint density at radius 3 is 2.66 bits per heavy atom. The average molecular weight is 398 g/mol. The quantitative estimate of drug-likeness (QED) is 0.627. The standard InChI is InChI=1S/C21H26N4O4/c1-6-28-19-10-16(7-8-18(19)27-5)11-22-21(26)20-17(15(4)29-24-20)12-25-14(3)9-13(2)23-25/h7-10H,6,11-12H2,1-5H3,(H,22,26). The summed E-state index contributed by atoms with van der Waals surface area (Å²) in [5, 5.41) is 11.3. The summed E-state index contributed by atoms with van der Waals surface area (Å²) >= 11 is 0. The second kappa shape index (κ2) is 8.81. The van der Waals surface area contributed by atoms with Gasteiger partial charge in [0.1, 0.15) is 5.76 Å². The molecule has 1 N–H and O–H groups in total. The highest BCUT2D eigenvalue weighted by Crippen LogP contribution is 2.28. The molecule has 0 bridgehead atoms. The van der Waals surface area contributed by atoms with Gasteiger partial charge in [0.2, 0.25) is 0 Å². The fraction of sp³-hybridized carbons (Fsp3) is 0.381. The first-order valence-corrected chi connectivity index (χ1v) is 9.47. The van der Waals surface area contributed by atoms with E-state index in [0.29, 0.717) is 37.0 Å². The molecule has 1 aromatic carbocycles. The number of ether oxygens (including phenoxy) is 2. The van der Waals surface area contributed by atoms with Crippen molar-refractivity contribution in [2.24, 2.45) is 0 Å². The van der Waals surface area contributed by atoms with Crippen LogP contribution in [0.2, 0.25) is 0 Å². The summed E-state index contributed by atoms with van der Waals surface area (Å²) in [5.74, 6) is 1.60. The molecule has 0 spiro atoms. The van der Waals surface area contributed by atoms with Crippen LogP contribution in [-0.2, 0) is 13.1 Å². The third-order valence-electron chi connectivity index (χ3n) is 4.59. The predicted molar refractivity (Wildman–Crippen MR) is 107 cm³/mol. The lowest BCUT2D eigenvalue weighted by molar-refractivity contribution is 0.0941. The topological polar surface area (TPSA) is 91.4 Å². The van der Waals surface area contributed by atoms with Gasteiger partial charge in [-0.1, -0.05) is 11.2 Å². The van der Waals surface area contributed by atoms with Gasteiger partial charge in [-0.3, -0.25) is 9.48 Å². The lowest BCUT2D eigenvalue weighted by Gasteiger charge is -2.11. The Labute approximate surface area is 169 Å². The Hall–Kier alpha value is -3.29. The molecule has 3 aromatic rings. The molecule has 0 fully saturated rings. The number of methoxy groups -OCH3 is 1. The van der Waals surface area contributed by atoms with Crippen LogP contribution in [0.15, 0.2) is 28.8 Å². The summed E-state index contributed by atoms with van der Waals surface area (Å²) in [6.07, 6.45) is 0. The average Bonchev–Trinajstić information content (AvgIpc) is 3.22. The summed E-state index contributed by atoms with van der Waals surface area (Å²) in [5.41, 5.74) is 3.82. The number of carbonyl (C=O) groups excluding carboxylic acids is 1. The molecule has 8 nitrogen and oxygen atoms in total. The predicted octanol–water partition coefficient (Wildman–Crippen LogP) is 3.18. The van der Waals surface area contributed by atoms with Crippen LogP contribution < -0.4 is 14.8 Å². The number of benzene rings is 1. The van der Waals surface area contributed by atoms with Gasteiger partial charge in [0.05, 0.1) is 26.0 Å². The van der Waals surface area contributed by atoms with Crippen LogP contribution in [0.5, 0.6) is 11.5 Å². The van der Waals surface area contributed by atoms with Crippen LogP contribution >= 0.6 is 0 Å². The molecule has 0 aliphatic rings. The summed E-state index contributed by atoms with van der Waals surface area (Å²) in [6.45, 7) is 8.89. The van der Waals surface area contributed by atoms with E-state index in [1.165, 1.54) is 0 Å². The van der Waals surface area contributed by atoms with Crippen molar-refractivity contribution < 1.29 is 18.8 Å². The van der Waals surface area contributed by atoms with Crippen molar-refractivity contribution >= 4 is 5.91 Å². The van der Waals surface area contributed by atoms with Crippen LogP contribution in [0.4, 0.5) is 0 Å². The first-order valence-electron chi connectivity index (χ1n) is 9.47. The largest absolute Gasteiger partial charge is 0.493 e. The normalized spacial score (nSPS) is 10.8. The van der Waals surface area contributed by atoms with Gasteiger partial charge >= 0.3 is 0 Å². The Morgan fingerprint density at radius 2 is 2.00 bits per heavy atom. The van der Waals surface area contributed by atoms with Crippen molar-refractivity contribution in [2.45, 2.75) is 40.8 Å². The highest BCUT2D eigenvalue weighted by atomic mass is 16.5. The maximum Gasteiger partial charge on any atom is 0.274 e. The number of nitrogens with zero attached hydrogens (tertiary/aromatic N) is 3. The molecule has 8 heteroatoms. The Bertz CT molecular complexity index is 1010. The van der Waals surface area contributed by atoms with E-state index in [-0.39, 0.29) is 11.6 Å². The second-order valence-corrected chi connectivity index (χ2v) is 6.75. The van der Waals surface area contributed by atoms with Gasteiger partial charge < -0.3 is 19.3 Å². The number of aryl methyl sites for hydroxylation is 3. The van der Waals surface area contributed by atoms with Gasteiger partial charge in [0.15, 0.2) is 17.2 Å². The van der Waals surface area contributed by atoms with Crippen molar-refractivity contribution in [2.75, 3.05) is 13.7 Å². The Kier molecular flexibility index (Phi) is 6.21. The zero-order valence-electron chi connectivity index (χ0n) is 17.4. The van der Waals surface area contributed by atoms with Crippen molar-refractivity contribution in [3.63, 3.8) is 0 Å². The minimum Gasteiger partial charge on any atom is -0.493 e. The number of rotatable bonds is 8. The molecule has 1 amide bonds. The molecule has 0 radical (unpaired) electrons. The summed E-state index contributed by atoms with van der Waals surface area (Å²) < 4.78 is 18.0. The lowest BCUT2D eigenvalue weighted by Crippen LogP contribution is -2.25. The lowest BCUT2D eigenvalue weighted by atomic mass is 10.1. The van der Waals surface area contributed by atoms with Gasteiger partial charge in [-0.15, -0.1) is 0 Å². The van der Waals surface area contributed by atoms with Gasteiger partial charge in [-0.25, -0.2) is 0 Å². The van der Waals surface area contributed by atoms with E-state index in [1.54, 1.807) is 14.0 Å². The SMILES string of the molecule is CCOc1cc(CNC(=O)c2noc(C)c2Cn2nc(C)cc2C)ccc1OC. The molecule has 0 aliphatic carbocycles. The first-order chi connectivity index (χ1) is 13.9. The minimum atomic E-state index is -0.299. The molecule has 0 unspecified atom stereocenters. The van der Waals surface area contributed by atoms with Gasteiger partial charge in [-0.2, -0.15) is 5.10 Å². The van der Waals surface area contributed by atoms with Crippen LogP contribution in [0.25, 0.3) is 0 Å². The second-order valence-electron chi connectivity index (χ2n) is 6.75. The fourth-order valence-corrected chi connectivity index (χ4v) is 3.11.